The molecule has 0 bridgehead atoms. The fraction of sp³-hybridized carbons (Fsp3) is 0.333. The molecule has 18 heavy (non-hydrogen) atoms. The number of aryl methyl sites for hydroxylation is 2. The van der Waals surface area contributed by atoms with Gasteiger partial charge in [0.2, 0.25) is 0 Å². The van der Waals surface area contributed by atoms with Crippen LogP contribution in [0, 0.1) is 13.8 Å². The van der Waals surface area contributed by atoms with Crippen molar-refractivity contribution in [1.29, 1.82) is 0 Å². The van der Waals surface area contributed by atoms with Crippen LogP contribution < -0.4 is 16.4 Å². The Kier molecular flexibility index (Phi) is 3.78. The molecule has 0 spiro atoms. The highest BCUT2D eigenvalue weighted by molar-refractivity contribution is 5.55. The van der Waals surface area contributed by atoms with Gasteiger partial charge in [0.1, 0.15) is 23.2 Å². The van der Waals surface area contributed by atoms with Gasteiger partial charge in [-0.05, 0) is 19.9 Å². The predicted molar refractivity (Wildman–Crippen MR) is 71.0 cm³/mol. The molecule has 0 saturated heterocycles. The third-order valence-electron chi connectivity index (χ3n) is 2.28. The standard InChI is InChI=1S/C12H17N5O/c1-8-3-4-12(18-8)17-11-7-10(14-6-5-13)15-9(2)16-11/h3-4,7H,5-6,13H2,1-2H3,(H2,14,15,16,17). The van der Waals surface area contributed by atoms with Crippen LogP contribution in [-0.4, -0.2) is 23.1 Å². The van der Waals surface area contributed by atoms with E-state index in [0.29, 0.717) is 30.6 Å². The molecule has 2 heterocycles. The lowest BCUT2D eigenvalue weighted by molar-refractivity contribution is 0.551. The van der Waals surface area contributed by atoms with Gasteiger partial charge >= 0.3 is 0 Å². The maximum absolute atomic E-state index is 5.44. The zero-order valence-electron chi connectivity index (χ0n) is 10.5. The van der Waals surface area contributed by atoms with E-state index < -0.39 is 0 Å². The molecule has 0 aliphatic carbocycles. The Hall–Kier alpha value is -2.08. The monoisotopic (exact) mass is 247 g/mol. The highest BCUT2D eigenvalue weighted by Crippen LogP contribution is 2.19. The van der Waals surface area contributed by atoms with Gasteiger partial charge in [0.25, 0.3) is 0 Å². The molecule has 2 aromatic rings. The maximum atomic E-state index is 5.44. The van der Waals surface area contributed by atoms with Crippen molar-refractivity contribution in [3.05, 3.63) is 29.8 Å². The van der Waals surface area contributed by atoms with Gasteiger partial charge in [-0.2, -0.15) is 0 Å². The fourth-order valence-corrected chi connectivity index (χ4v) is 1.55. The minimum atomic E-state index is 0.559. The molecular formula is C12H17N5O. The van der Waals surface area contributed by atoms with Crippen LogP contribution in [0.1, 0.15) is 11.6 Å². The van der Waals surface area contributed by atoms with Crippen molar-refractivity contribution >= 4 is 17.5 Å². The SMILES string of the molecule is Cc1nc(NCCN)cc(Nc2ccc(C)o2)n1. The summed E-state index contributed by atoms with van der Waals surface area (Å²) in [4.78, 5) is 8.56. The third-order valence-corrected chi connectivity index (χ3v) is 2.28. The smallest absolute Gasteiger partial charge is 0.198 e. The zero-order valence-corrected chi connectivity index (χ0v) is 10.5. The summed E-state index contributed by atoms with van der Waals surface area (Å²) in [6.07, 6.45) is 0. The van der Waals surface area contributed by atoms with Crippen molar-refractivity contribution in [3.8, 4) is 0 Å². The van der Waals surface area contributed by atoms with Crippen molar-refractivity contribution in [2.24, 2.45) is 5.73 Å². The van der Waals surface area contributed by atoms with E-state index in [-0.39, 0.29) is 0 Å². The first-order valence-electron chi connectivity index (χ1n) is 5.80. The van der Waals surface area contributed by atoms with Crippen LogP contribution in [0.4, 0.5) is 17.5 Å². The largest absolute Gasteiger partial charge is 0.446 e. The van der Waals surface area contributed by atoms with Crippen LogP contribution in [0.15, 0.2) is 22.6 Å². The van der Waals surface area contributed by atoms with Crippen LogP contribution in [-0.2, 0) is 0 Å². The van der Waals surface area contributed by atoms with E-state index in [4.69, 9.17) is 10.2 Å². The van der Waals surface area contributed by atoms with Crippen molar-refractivity contribution in [2.75, 3.05) is 23.7 Å². The second-order valence-electron chi connectivity index (χ2n) is 3.94. The van der Waals surface area contributed by atoms with Gasteiger partial charge in [-0.25, -0.2) is 9.97 Å². The topological polar surface area (TPSA) is 89.0 Å². The number of nitrogens with two attached hydrogens (primary N) is 1. The Labute approximate surface area is 106 Å². The number of hydrogen-bond donors (Lipinski definition) is 3. The Bertz CT molecular complexity index is 523. The first-order chi connectivity index (χ1) is 8.67. The molecule has 2 rings (SSSR count). The fourth-order valence-electron chi connectivity index (χ4n) is 1.55. The molecule has 0 unspecified atom stereocenters. The lowest BCUT2D eigenvalue weighted by Gasteiger charge is -2.08. The van der Waals surface area contributed by atoms with Gasteiger partial charge in [0.15, 0.2) is 5.88 Å². The Morgan fingerprint density at radius 1 is 1.22 bits per heavy atom. The predicted octanol–water partition coefficient (Wildman–Crippen LogP) is 1.80. The normalized spacial score (nSPS) is 10.4. The van der Waals surface area contributed by atoms with Gasteiger partial charge in [-0.15, -0.1) is 0 Å². The molecule has 0 radical (unpaired) electrons. The molecule has 0 atom stereocenters. The zero-order chi connectivity index (χ0) is 13.0. The number of anilines is 3. The molecule has 0 amide bonds. The lowest BCUT2D eigenvalue weighted by Crippen LogP contribution is -2.14. The molecule has 0 aromatic carbocycles. The summed E-state index contributed by atoms with van der Waals surface area (Å²) in [7, 11) is 0. The number of hydrogen-bond acceptors (Lipinski definition) is 6. The molecule has 6 nitrogen and oxygen atoms in total. The first-order valence-corrected chi connectivity index (χ1v) is 5.80. The summed E-state index contributed by atoms with van der Waals surface area (Å²) in [5.41, 5.74) is 5.44. The van der Waals surface area contributed by atoms with Crippen molar-refractivity contribution < 1.29 is 4.42 Å². The van der Waals surface area contributed by atoms with E-state index in [1.807, 2.05) is 32.0 Å². The van der Waals surface area contributed by atoms with Gasteiger partial charge in [0.05, 0.1) is 0 Å². The van der Waals surface area contributed by atoms with Gasteiger partial charge in [-0.1, -0.05) is 0 Å². The van der Waals surface area contributed by atoms with E-state index in [1.165, 1.54) is 0 Å². The van der Waals surface area contributed by atoms with Crippen LogP contribution in [0.25, 0.3) is 0 Å². The summed E-state index contributed by atoms with van der Waals surface area (Å²) < 4.78 is 5.44. The molecule has 0 aliphatic rings. The maximum Gasteiger partial charge on any atom is 0.198 e. The molecular weight excluding hydrogens is 230 g/mol. The number of rotatable bonds is 5. The minimum Gasteiger partial charge on any atom is -0.446 e. The Morgan fingerprint density at radius 2 is 2.00 bits per heavy atom. The van der Waals surface area contributed by atoms with Crippen LogP contribution in [0.5, 0.6) is 0 Å². The minimum absolute atomic E-state index is 0.559. The Morgan fingerprint density at radius 3 is 2.67 bits per heavy atom. The van der Waals surface area contributed by atoms with Crippen molar-refractivity contribution in [2.45, 2.75) is 13.8 Å². The second-order valence-corrected chi connectivity index (χ2v) is 3.94. The highest BCUT2D eigenvalue weighted by Gasteiger charge is 2.04. The van der Waals surface area contributed by atoms with E-state index >= 15 is 0 Å². The summed E-state index contributed by atoms with van der Waals surface area (Å²) in [6.45, 7) is 4.97. The summed E-state index contributed by atoms with van der Waals surface area (Å²) in [6, 6.07) is 5.57. The quantitative estimate of drug-likeness (QED) is 0.746. The van der Waals surface area contributed by atoms with Crippen LogP contribution in [0.3, 0.4) is 0 Å². The lowest BCUT2D eigenvalue weighted by atomic mass is 10.4. The highest BCUT2D eigenvalue weighted by atomic mass is 16.4. The summed E-state index contributed by atoms with van der Waals surface area (Å²) in [5, 5.41) is 6.21. The Balaban J connectivity index is 2.14. The van der Waals surface area contributed by atoms with Gasteiger partial charge < -0.3 is 20.8 Å². The van der Waals surface area contributed by atoms with E-state index in [9.17, 15) is 0 Å². The molecule has 2 aromatic heterocycles. The molecule has 0 saturated carbocycles. The van der Waals surface area contributed by atoms with E-state index in [1.54, 1.807) is 0 Å². The third kappa shape index (κ3) is 3.21. The van der Waals surface area contributed by atoms with Gasteiger partial charge in [-0.3, -0.25) is 0 Å². The molecule has 0 aliphatic heterocycles. The second kappa shape index (κ2) is 5.50. The average Bonchev–Trinajstić information content (AvgIpc) is 2.71. The van der Waals surface area contributed by atoms with Crippen molar-refractivity contribution in [1.82, 2.24) is 9.97 Å². The number of nitrogens with one attached hydrogen (secondary N) is 2. The summed E-state index contributed by atoms with van der Waals surface area (Å²) >= 11 is 0. The van der Waals surface area contributed by atoms with Crippen LogP contribution >= 0.6 is 0 Å². The van der Waals surface area contributed by atoms with E-state index in [0.717, 1.165) is 11.6 Å². The number of nitrogens with zero attached hydrogens (tertiary/aromatic N) is 2. The number of furan rings is 1. The first kappa shape index (κ1) is 12.4. The molecule has 4 N–H and O–H groups in total. The molecule has 0 fully saturated rings. The average molecular weight is 247 g/mol. The van der Waals surface area contributed by atoms with E-state index in [2.05, 4.69) is 20.6 Å². The number of aromatic nitrogens is 2. The van der Waals surface area contributed by atoms with Crippen LogP contribution in [0.2, 0.25) is 0 Å². The molecule has 96 valence electrons. The molecule has 6 heteroatoms. The van der Waals surface area contributed by atoms with Gasteiger partial charge in [0, 0.05) is 25.2 Å². The van der Waals surface area contributed by atoms with Crippen molar-refractivity contribution in [3.63, 3.8) is 0 Å². The summed E-state index contributed by atoms with van der Waals surface area (Å²) in [5.74, 6) is 3.64.